The Labute approximate surface area is 232 Å². The molecule has 1 N–H and O–H groups in total. The highest BCUT2D eigenvalue weighted by Crippen LogP contribution is 2.32. The van der Waals surface area contributed by atoms with Crippen molar-refractivity contribution in [1.82, 2.24) is 15.1 Å². The SMILES string of the molecule is COCCN1C(=O)[C@H](CC2CCCCC2)NC(=O)[C@@H]1C1CCN(Cc2ccc(Oc3ccccc3)cc2)CC1. The monoisotopic (exact) mass is 533 g/mol. The third-order valence-electron chi connectivity index (χ3n) is 8.72. The first kappa shape index (κ1) is 27.7. The van der Waals surface area contributed by atoms with Crippen LogP contribution in [0.1, 0.15) is 56.9 Å². The van der Waals surface area contributed by atoms with Crippen LogP contribution >= 0.6 is 0 Å². The molecule has 0 radical (unpaired) electrons. The number of nitrogens with one attached hydrogen (secondary N) is 1. The van der Waals surface area contributed by atoms with E-state index in [1.807, 2.05) is 47.4 Å². The van der Waals surface area contributed by atoms with E-state index >= 15 is 0 Å². The lowest BCUT2D eigenvalue weighted by Gasteiger charge is -2.45. The van der Waals surface area contributed by atoms with Gasteiger partial charge in [-0.05, 0) is 74.0 Å². The van der Waals surface area contributed by atoms with Gasteiger partial charge in [0.2, 0.25) is 11.8 Å². The summed E-state index contributed by atoms with van der Waals surface area (Å²) in [7, 11) is 1.65. The largest absolute Gasteiger partial charge is 0.457 e. The minimum atomic E-state index is -0.396. The fraction of sp³-hybridized carbons (Fsp3) is 0.562. The van der Waals surface area contributed by atoms with Crippen molar-refractivity contribution in [1.29, 1.82) is 0 Å². The molecule has 7 heteroatoms. The number of nitrogens with zero attached hydrogens (tertiary/aromatic N) is 2. The van der Waals surface area contributed by atoms with Gasteiger partial charge in [-0.2, -0.15) is 0 Å². The van der Waals surface area contributed by atoms with Crippen molar-refractivity contribution in [2.75, 3.05) is 33.4 Å². The predicted octanol–water partition coefficient (Wildman–Crippen LogP) is 5.00. The maximum absolute atomic E-state index is 13.6. The van der Waals surface area contributed by atoms with E-state index in [0.717, 1.165) is 50.4 Å². The lowest BCUT2D eigenvalue weighted by atomic mass is 9.82. The number of para-hydroxylation sites is 1. The topological polar surface area (TPSA) is 71.1 Å². The van der Waals surface area contributed by atoms with Crippen LogP contribution in [-0.4, -0.2) is 67.0 Å². The van der Waals surface area contributed by atoms with Crippen molar-refractivity contribution in [3.8, 4) is 11.5 Å². The summed E-state index contributed by atoms with van der Waals surface area (Å²) < 4.78 is 11.2. The van der Waals surface area contributed by atoms with Crippen molar-refractivity contribution in [3.05, 3.63) is 60.2 Å². The van der Waals surface area contributed by atoms with Gasteiger partial charge in [-0.3, -0.25) is 14.5 Å². The summed E-state index contributed by atoms with van der Waals surface area (Å²) in [6, 6.07) is 17.3. The first-order chi connectivity index (χ1) is 19.1. The van der Waals surface area contributed by atoms with Gasteiger partial charge >= 0.3 is 0 Å². The van der Waals surface area contributed by atoms with E-state index in [-0.39, 0.29) is 23.8 Å². The van der Waals surface area contributed by atoms with Crippen LogP contribution in [0.5, 0.6) is 11.5 Å². The van der Waals surface area contributed by atoms with Crippen LogP contribution in [0.4, 0.5) is 0 Å². The van der Waals surface area contributed by atoms with Gasteiger partial charge < -0.3 is 19.7 Å². The van der Waals surface area contributed by atoms with E-state index in [0.29, 0.717) is 19.1 Å². The number of ether oxygens (including phenoxy) is 2. The summed E-state index contributed by atoms with van der Waals surface area (Å²) in [6.07, 6.45) is 8.67. The van der Waals surface area contributed by atoms with E-state index in [2.05, 4.69) is 22.3 Å². The molecule has 0 spiro atoms. The van der Waals surface area contributed by atoms with Crippen LogP contribution in [0.25, 0.3) is 0 Å². The van der Waals surface area contributed by atoms with Crippen LogP contribution in [0.15, 0.2) is 54.6 Å². The zero-order valence-electron chi connectivity index (χ0n) is 23.2. The molecule has 2 atom stereocenters. The minimum absolute atomic E-state index is 0.0268. The minimum Gasteiger partial charge on any atom is -0.457 e. The summed E-state index contributed by atoms with van der Waals surface area (Å²) in [6.45, 7) is 3.62. The molecule has 2 aromatic carbocycles. The number of hydrogen-bond donors (Lipinski definition) is 1. The average Bonchev–Trinajstić information content (AvgIpc) is 2.97. The van der Waals surface area contributed by atoms with Crippen molar-refractivity contribution in [2.24, 2.45) is 11.8 Å². The van der Waals surface area contributed by atoms with Crippen LogP contribution in [0.3, 0.4) is 0 Å². The third-order valence-corrected chi connectivity index (χ3v) is 8.72. The van der Waals surface area contributed by atoms with Gasteiger partial charge in [0.25, 0.3) is 0 Å². The number of likely N-dealkylation sites (tertiary alicyclic amines) is 1. The fourth-order valence-corrected chi connectivity index (χ4v) is 6.59. The first-order valence-electron chi connectivity index (χ1n) is 14.7. The number of carbonyl (C=O) groups excluding carboxylic acids is 2. The highest BCUT2D eigenvalue weighted by molar-refractivity contribution is 5.97. The van der Waals surface area contributed by atoms with Gasteiger partial charge in [0.1, 0.15) is 23.6 Å². The molecule has 7 nitrogen and oxygen atoms in total. The quantitative estimate of drug-likeness (QED) is 0.465. The molecule has 39 heavy (non-hydrogen) atoms. The summed E-state index contributed by atoms with van der Waals surface area (Å²) in [5.74, 6) is 2.48. The zero-order chi connectivity index (χ0) is 27.0. The highest BCUT2D eigenvalue weighted by Gasteiger charge is 2.45. The molecule has 2 heterocycles. The molecule has 210 valence electrons. The van der Waals surface area contributed by atoms with E-state index < -0.39 is 6.04 Å². The second-order valence-corrected chi connectivity index (χ2v) is 11.4. The van der Waals surface area contributed by atoms with E-state index in [4.69, 9.17) is 9.47 Å². The summed E-state index contributed by atoms with van der Waals surface area (Å²) in [5, 5.41) is 3.14. The van der Waals surface area contributed by atoms with Crippen molar-refractivity contribution in [3.63, 3.8) is 0 Å². The molecule has 5 rings (SSSR count). The third kappa shape index (κ3) is 7.20. The summed E-state index contributed by atoms with van der Waals surface area (Å²) >= 11 is 0. The maximum Gasteiger partial charge on any atom is 0.245 e. The number of carbonyl (C=O) groups is 2. The smallest absolute Gasteiger partial charge is 0.245 e. The molecular formula is C32H43N3O4. The van der Waals surface area contributed by atoms with Crippen LogP contribution < -0.4 is 10.1 Å². The van der Waals surface area contributed by atoms with Gasteiger partial charge in [-0.1, -0.05) is 62.4 Å². The van der Waals surface area contributed by atoms with Crippen LogP contribution in [0.2, 0.25) is 0 Å². The van der Waals surface area contributed by atoms with Gasteiger partial charge in [0.05, 0.1) is 6.61 Å². The molecule has 0 bridgehead atoms. The Balaban J connectivity index is 1.15. The Hall–Kier alpha value is -2.90. The Morgan fingerprint density at radius 2 is 1.56 bits per heavy atom. The van der Waals surface area contributed by atoms with Crippen molar-refractivity contribution >= 4 is 11.8 Å². The Kier molecular flexibility index (Phi) is 9.53. The van der Waals surface area contributed by atoms with E-state index in [9.17, 15) is 9.59 Å². The van der Waals surface area contributed by atoms with Gasteiger partial charge in [0.15, 0.2) is 0 Å². The standard InChI is InChI=1S/C32H43N3O4/c1-38-21-20-35-30(31(36)33-29(32(35)37)22-24-8-4-2-5-9-24)26-16-18-34(19-17-26)23-25-12-14-28(15-13-25)39-27-10-6-3-7-11-27/h3,6-7,10-15,24,26,29-30H,2,4-5,8-9,16-23H2,1H3,(H,33,36)/t29-,30-/m0/s1. The number of rotatable bonds is 10. The number of hydrogen-bond acceptors (Lipinski definition) is 5. The van der Waals surface area contributed by atoms with Crippen LogP contribution in [-0.2, 0) is 20.9 Å². The number of benzene rings is 2. The fourth-order valence-electron chi connectivity index (χ4n) is 6.59. The number of methoxy groups -OCH3 is 1. The molecule has 1 saturated carbocycles. The molecular weight excluding hydrogens is 490 g/mol. The molecule has 3 aliphatic rings. The normalized spacial score (nSPS) is 23.6. The van der Waals surface area contributed by atoms with E-state index in [1.54, 1.807) is 7.11 Å². The Morgan fingerprint density at radius 1 is 0.872 bits per heavy atom. The molecule has 0 unspecified atom stereocenters. The average molecular weight is 534 g/mol. The summed E-state index contributed by atoms with van der Waals surface area (Å²) in [5.41, 5.74) is 1.24. The Bertz CT molecular complexity index is 1060. The summed E-state index contributed by atoms with van der Waals surface area (Å²) in [4.78, 5) is 31.3. The lowest BCUT2D eigenvalue weighted by Crippen LogP contribution is -2.66. The van der Waals surface area contributed by atoms with E-state index in [1.165, 1.54) is 37.7 Å². The number of piperidine rings is 1. The number of amides is 2. The van der Waals surface area contributed by atoms with Crippen molar-refractivity contribution in [2.45, 2.75) is 70.0 Å². The molecule has 1 aliphatic carbocycles. The second-order valence-electron chi connectivity index (χ2n) is 11.4. The van der Waals surface area contributed by atoms with Gasteiger partial charge in [-0.25, -0.2) is 0 Å². The Morgan fingerprint density at radius 3 is 2.26 bits per heavy atom. The van der Waals surface area contributed by atoms with Gasteiger partial charge in [0, 0.05) is 20.2 Å². The molecule has 0 aromatic heterocycles. The van der Waals surface area contributed by atoms with Crippen LogP contribution in [0, 0.1) is 11.8 Å². The van der Waals surface area contributed by atoms with Gasteiger partial charge in [-0.15, -0.1) is 0 Å². The lowest BCUT2D eigenvalue weighted by molar-refractivity contribution is -0.153. The maximum atomic E-state index is 13.6. The number of piperazine rings is 1. The molecule has 2 aromatic rings. The molecule has 3 fully saturated rings. The highest BCUT2D eigenvalue weighted by atomic mass is 16.5. The molecule has 2 amide bonds. The first-order valence-corrected chi connectivity index (χ1v) is 14.7. The van der Waals surface area contributed by atoms with Crippen molar-refractivity contribution < 1.29 is 19.1 Å². The molecule has 2 saturated heterocycles. The second kappa shape index (κ2) is 13.4. The predicted molar refractivity (Wildman–Crippen MR) is 151 cm³/mol. The molecule has 2 aliphatic heterocycles. The zero-order valence-corrected chi connectivity index (χ0v) is 23.2.